The highest BCUT2D eigenvalue weighted by molar-refractivity contribution is 7.33. The first-order chi connectivity index (χ1) is 31.5. The third-order valence-electron chi connectivity index (χ3n) is 8.81. The van der Waals surface area contributed by atoms with E-state index in [0.29, 0.717) is 0 Å². The number of alkyl halides is 3. The fraction of sp³-hybridized carbons (Fsp3) is 0.611. The molecule has 5 unspecified atom stereocenters. The maximum absolute atomic E-state index is 13.7. The number of carboxylic acid groups (broad SMARTS) is 1. The quantitative estimate of drug-likeness (QED) is 0.0673. The summed E-state index contributed by atoms with van der Waals surface area (Å²) in [4.78, 5) is 140. The number of hydrogen-bond donors (Lipinski definition) is 4. The Morgan fingerprint density at radius 2 is 1.50 bits per heavy atom. The molecule has 2 fully saturated rings. The van der Waals surface area contributed by atoms with Crippen molar-refractivity contribution < 1.29 is 118 Å². The second kappa shape index (κ2) is 23.9. The molecule has 1 aromatic rings. The van der Waals surface area contributed by atoms with E-state index in [0.717, 1.165) is 65.3 Å². The van der Waals surface area contributed by atoms with Crippen LogP contribution in [0.2, 0.25) is 0 Å². The standard InChI is InChI=1S/C36H43F3N5O23P/c1-14(45)41-24-8-9-44(34(56)42-24)31-30(64-20(7)51)28(63-19(6)50)23(65-31)13-59-68(57)67-35(33(54)55)10-21(60-16(3)47)26(43-25(52)11-40-32(53)36(37,38)39)29(66-35)27(62-18(5)49)22(61-17(4)48)12-58-15(2)46/h8-9,21-23,26-31H,10-13H2,1-7H3,(H3-,40,41,42,43,45,52,53,54,55,56)/p+1/t21?,22-,23-,26-,27-,28?,29?,30?,31-,35-/m1/s1. The Hall–Kier alpha value is -6.69. The minimum Gasteiger partial charge on any atom is -0.477 e. The van der Waals surface area contributed by atoms with Crippen molar-refractivity contribution in [2.24, 2.45) is 0 Å². The van der Waals surface area contributed by atoms with Gasteiger partial charge in [0, 0.05) is 59.2 Å². The molecule has 376 valence electrons. The Kier molecular flexibility index (Phi) is 19.5. The molecule has 0 aliphatic carbocycles. The van der Waals surface area contributed by atoms with Crippen LogP contribution in [0.5, 0.6) is 0 Å². The number of carbonyl (C=O) groups is 10. The smallest absolute Gasteiger partial charge is 0.477 e. The fourth-order valence-electron chi connectivity index (χ4n) is 6.46. The van der Waals surface area contributed by atoms with Crippen molar-refractivity contribution in [1.29, 1.82) is 0 Å². The summed E-state index contributed by atoms with van der Waals surface area (Å²) in [5, 5.41) is 16.2. The van der Waals surface area contributed by atoms with Crippen LogP contribution in [0.15, 0.2) is 17.1 Å². The summed E-state index contributed by atoms with van der Waals surface area (Å²) < 4.78 is 107. The van der Waals surface area contributed by atoms with Gasteiger partial charge in [0.25, 0.3) is 0 Å². The first-order valence-electron chi connectivity index (χ1n) is 19.4. The number of rotatable bonds is 20. The average molecular weight is 1000 g/mol. The maximum Gasteiger partial charge on any atom is 0.701 e. The first kappa shape index (κ1) is 55.6. The number of halogens is 3. The number of aliphatic carboxylic acids is 1. The van der Waals surface area contributed by atoms with Crippen LogP contribution in [-0.2, 0) is 99.5 Å². The van der Waals surface area contributed by atoms with E-state index < -0.39 is 167 Å². The minimum absolute atomic E-state index is 0.199. The zero-order chi connectivity index (χ0) is 51.4. The molecule has 11 atom stereocenters. The molecule has 4 N–H and O–H groups in total. The van der Waals surface area contributed by atoms with Gasteiger partial charge in [0.15, 0.2) is 30.6 Å². The number of aromatic nitrogens is 2. The van der Waals surface area contributed by atoms with Crippen LogP contribution >= 0.6 is 8.25 Å². The highest BCUT2D eigenvalue weighted by Gasteiger charge is 2.63. The zero-order valence-electron chi connectivity index (χ0n) is 36.6. The van der Waals surface area contributed by atoms with Gasteiger partial charge in [-0.05, 0) is 6.07 Å². The maximum atomic E-state index is 13.7. The number of amides is 3. The molecule has 2 aliphatic heterocycles. The van der Waals surface area contributed by atoms with E-state index in [4.69, 9.17) is 46.9 Å². The minimum atomic E-state index is -5.47. The second-order valence-electron chi connectivity index (χ2n) is 14.3. The Morgan fingerprint density at radius 1 is 0.897 bits per heavy atom. The third-order valence-corrected chi connectivity index (χ3v) is 9.62. The number of nitrogens with zero attached hydrogens (tertiary/aromatic N) is 2. The molecule has 0 aromatic carbocycles. The molecule has 28 nitrogen and oxygen atoms in total. The highest BCUT2D eigenvalue weighted by Crippen LogP contribution is 2.43. The topological polar surface area (TPSA) is 371 Å². The molecule has 0 bridgehead atoms. The largest absolute Gasteiger partial charge is 0.701 e. The average Bonchev–Trinajstić information content (AvgIpc) is 3.51. The predicted octanol–water partition coefficient (Wildman–Crippen LogP) is -1.26. The lowest BCUT2D eigenvalue weighted by atomic mass is 9.88. The lowest BCUT2D eigenvalue weighted by Crippen LogP contribution is -2.69. The van der Waals surface area contributed by atoms with Crippen molar-refractivity contribution in [1.82, 2.24) is 20.2 Å². The number of carboxylic acids is 1. The molecule has 32 heteroatoms. The first-order valence-corrected chi connectivity index (χ1v) is 20.5. The van der Waals surface area contributed by atoms with Crippen LogP contribution in [0, 0.1) is 0 Å². The molecular weight excluding hydrogens is 958 g/mol. The van der Waals surface area contributed by atoms with Crippen molar-refractivity contribution in [3.8, 4) is 0 Å². The molecule has 3 rings (SSSR count). The second-order valence-corrected chi connectivity index (χ2v) is 15.2. The van der Waals surface area contributed by atoms with Gasteiger partial charge in [-0.15, -0.1) is 4.52 Å². The van der Waals surface area contributed by atoms with Gasteiger partial charge in [-0.1, -0.05) is 4.52 Å². The van der Waals surface area contributed by atoms with Crippen molar-refractivity contribution in [2.75, 3.05) is 25.1 Å². The van der Waals surface area contributed by atoms with E-state index >= 15 is 0 Å². The lowest BCUT2D eigenvalue weighted by Gasteiger charge is -2.46. The number of anilines is 1. The summed E-state index contributed by atoms with van der Waals surface area (Å²) in [6, 6.07) is -0.933. The summed E-state index contributed by atoms with van der Waals surface area (Å²) in [5.74, 6) is -17.2. The summed E-state index contributed by atoms with van der Waals surface area (Å²) in [6.07, 6.45) is -21.2. The van der Waals surface area contributed by atoms with Crippen molar-refractivity contribution in [3.05, 3.63) is 22.7 Å². The van der Waals surface area contributed by atoms with Crippen LogP contribution in [0.1, 0.15) is 61.1 Å². The number of nitrogens with one attached hydrogen (secondary N) is 3. The molecule has 2 saturated heterocycles. The van der Waals surface area contributed by atoms with Gasteiger partial charge in [-0.3, -0.25) is 47.7 Å². The number of esters is 6. The van der Waals surface area contributed by atoms with E-state index in [1.165, 1.54) is 5.32 Å². The number of ether oxygens (including phenoxy) is 8. The Morgan fingerprint density at radius 3 is 2.01 bits per heavy atom. The van der Waals surface area contributed by atoms with E-state index in [2.05, 4.69) is 15.6 Å². The van der Waals surface area contributed by atoms with Gasteiger partial charge in [-0.25, -0.2) is 9.59 Å². The Labute approximate surface area is 380 Å². The Bertz CT molecular complexity index is 2210. The van der Waals surface area contributed by atoms with Gasteiger partial charge in [-0.2, -0.15) is 18.2 Å². The molecule has 68 heavy (non-hydrogen) atoms. The molecule has 0 spiro atoms. The van der Waals surface area contributed by atoms with Gasteiger partial charge in [0.05, 0.1) is 19.0 Å². The van der Waals surface area contributed by atoms with Crippen LogP contribution in [0.3, 0.4) is 0 Å². The molecule has 3 amide bonds. The molecule has 1 aromatic heterocycles. The summed E-state index contributed by atoms with van der Waals surface area (Å²) in [5.41, 5.74) is -1.10. The van der Waals surface area contributed by atoms with E-state index in [1.54, 1.807) is 0 Å². The highest BCUT2D eigenvalue weighted by atomic mass is 31.1. The monoisotopic (exact) mass is 1000 g/mol. The molecule has 3 heterocycles. The summed E-state index contributed by atoms with van der Waals surface area (Å²) in [7, 11) is -3.90. The van der Waals surface area contributed by atoms with Crippen molar-refractivity contribution in [2.45, 2.75) is 122 Å². The molecular formula is C36H44F3N5O23P+. The zero-order valence-corrected chi connectivity index (χ0v) is 37.5. The van der Waals surface area contributed by atoms with Crippen molar-refractivity contribution >= 4 is 73.6 Å². The van der Waals surface area contributed by atoms with Gasteiger partial charge in [0.2, 0.25) is 11.8 Å². The summed E-state index contributed by atoms with van der Waals surface area (Å²) >= 11 is 0. The van der Waals surface area contributed by atoms with Gasteiger partial charge < -0.3 is 59.0 Å². The molecule has 0 saturated carbocycles. The lowest BCUT2D eigenvalue weighted by molar-refractivity contribution is -0.289. The van der Waals surface area contributed by atoms with E-state index in [9.17, 15) is 75.6 Å². The van der Waals surface area contributed by atoms with Gasteiger partial charge in [0.1, 0.15) is 37.3 Å². The number of hydrogen-bond acceptors (Lipinski definition) is 23. The van der Waals surface area contributed by atoms with Crippen LogP contribution < -0.4 is 21.6 Å². The third kappa shape index (κ3) is 16.0. The number of carbonyl (C=O) groups excluding carboxylic acids is 9. The predicted molar refractivity (Wildman–Crippen MR) is 207 cm³/mol. The fourth-order valence-corrected chi connectivity index (χ4v) is 7.22. The van der Waals surface area contributed by atoms with Crippen LogP contribution in [0.4, 0.5) is 19.0 Å². The molecule has 0 radical (unpaired) electrons. The van der Waals surface area contributed by atoms with E-state index in [1.807, 2.05) is 0 Å². The molecule has 2 aliphatic rings. The van der Waals surface area contributed by atoms with Crippen molar-refractivity contribution in [3.63, 3.8) is 0 Å². The van der Waals surface area contributed by atoms with Crippen LogP contribution in [0.25, 0.3) is 0 Å². The van der Waals surface area contributed by atoms with Crippen LogP contribution in [-0.4, -0.2) is 155 Å². The Balaban J connectivity index is 2.12. The SMILES string of the molecule is CC(=O)Nc1ccn([C@@H]2O[C@H](CO[P+](=O)O[C@@]3(C(=O)O)CC(OC(C)=O)[C@@H](NC(=O)CNC(=O)C(F)(F)F)C([C@H](OC(C)=O)[C@@H](COC(C)=O)OC(C)=O)O3)C(OC(C)=O)C2OC(C)=O)c(=O)n1. The summed E-state index contributed by atoms with van der Waals surface area (Å²) in [6.45, 7) is 2.76. The normalized spacial score (nSPS) is 24.4. The van der Waals surface area contributed by atoms with Gasteiger partial charge >= 0.3 is 73.6 Å². The van der Waals surface area contributed by atoms with E-state index in [-0.39, 0.29) is 5.82 Å².